The Labute approximate surface area is 123 Å². The Morgan fingerprint density at radius 2 is 1.70 bits per heavy atom. The highest BCUT2D eigenvalue weighted by Gasteiger charge is 2.50. The van der Waals surface area contributed by atoms with Gasteiger partial charge in [-0.05, 0) is 56.0 Å². The van der Waals surface area contributed by atoms with Crippen LogP contribution in [-0.2, 0) is 9.53 Å². The molecule has 2 aliphatic rings. The normalized spacial score (nSPS) is 25.2. The Hall–Kier alpha value is -0.610. The van der Waals surface area contributed by atoms with Crippen LogP contribution in [0.3, 0.4) is 0 Å². The number of carbonyl (C=O) groups excluding carboxylic acids is 1. The summed E-state index contributed by atoms with van der Waals surface area (Å²) in [6.45, 7) is 9.70. The fourth-order valence-corrected chi connectivity index (χ4v) is 3.48. The quantitative estimate of drug-likeness (QED) is 0.802. The monoisotopic (exact) mass is 282 g/mol. The van der Waals surface area contributed by atoms with Crippen molar-refractivity contribution < 1.29 is 9.53 Å². The van der Waals surface area contributed by atoms with Crippen molar-refractivity contribution in [3.8, 4) is 0 Å². The standard InChI is InChI=1S/C16H30N2O2/c1-15(2,3)12-7-9-18(10-8-12)11-16(17,13-5-6-13)14(19)20-4/h12-13H,5-11,17H2,1-4H3. The second-order valence-electron chi connectivity index (χ2n) is 7.72. The van der Waals surface area contributed by atoms with Gasteiger partial charge in [0.05, 0.1) is 7.11 Å². The number of ether oxygens (including phenoxy) is 1. The molecule has 0 aromatic rings. The molecule has 2 fully saturated rings. The minimum absolute atomic E-state index is 0.238. The van der Waals surface area contributed by atoms with E-state index >= 15 is 0 Å². The van der Waals surface area contributed by atoms with E-state index in [4.69, 9.17) is 10.5 Å². The molecule has 1 heterocycles. The van der Waals surface area contributed by atoms with Crippen LogP contribution in [0.2, 0.25) is 0 Å². The molecule has 0 spiro atoms. The molecule has 1 aliphatic heterocycles. The zero-order chi connectivity index (χ0) is 15.0. The number of methoxy groups -OCH3 is 1. The van der Waals surface area contributed by atoms with Gasteiger partial charge in [-0.3, -0.25) is 4.79 Å². The van der Waals surface area contributed by atoms with Gasteiger partial charge >= 0.3 is 5.97 Å². The van der Waals surface area contributed by atoms with Crippen LogP contribution in [0.5, 0.6) is 0 Å². The molecule has 4 heteroatoms. The van der Waals surface area contributed by atoms with E-state index in [9.17, 15) is 4.79 Å². The van der Waals surface area contributed by atoms with Crippen LogP contribution in [-0.4, -0.2) is 43.2 Å². The van der Waals surface area contributed by atoms with Gasteiger partial charge in [0.15, 0.2) is 0 Å². The number of hydrogen-bond donors (Lipinski definition) is 1. The Morgan fingerprint density at radius 3 is 2.10 bits per heavy atom. The number of carbonyl (C=O) groups is 1. The van der Waals surface area contributed by atoms with Crippen molar-refractivity contribution in [2.45, 2.75) is 52.0 Å². The smallest absolute Gasteiger partial charge is 0.327 e. The molecular formula is C16H30N2O2. The van der Waals surface area contributed by atoms with Gasteiger partial charge in [0.2, 0.25) is 0 Å². The lowest BCUT2D eigenvalue weighted by molar-refractivity contribution is -0.149. The lowest BCUT2D eigenvalue weighted by atomic mass is 9.75. The molecule has 0 bridgehead atoms. The number of nitrogens with zero attached hydrogens (tertiary/aromatic N) is 1. The molecule has 20 heavy (non-hydrogen) atoms. The third-order valence-electron chi connectivity index (χ3n) is 5.17. The van der Waals surface area contributed by atoms with Crippen LogP contribution in [0.4, 0.5) is 0 Å². The minimum atomic E-state index is -0.788. The van der Waals surface area contributed by atoms with Crippen LogP contribution >= 0.6 is 0 Å². The predicted octanol–water partition coefficient (Wildman–Crippen LogP) is 2.02. The van der Waals surface area contributed by atoms with Gasteiger partial charge in [-0.15, -0.1) is 0 Å². The molecule has 1 aliphatic carbocycles. The molecule has 0 aromatic carbocycles. The van der Waals surface area contributed by atoms with E-state index in [2.05, 4.69) is 25.7 Å². The van der Waals surface area contributed by atoms with E-state index in [0.717, 1.165) is 31.8 Å². The van der Waals surface area contributed by atoms with Crippen LogP contribution in [0, 0.1) is 17.3 Å². The molecule has 1 saturated heterocycles. The van der Waals surface area contributed by atoms with E-state index < -0.39 is 5.54 Å². The molecule has 0 aromatic heterocycles. The molecule has 0 radical (unpaired) electrons. The van der Waals surface area contributed by atoms with E-state index in [-0.39, 0.29) is 5.97 Å². The summed E-state index contributed by atoms with van der Waals surface area (Å²) >= 11 is 0. The molecule has 2 N–H and O–H groups in total. The SMILES string of the molecule is COC(=O)C(N)(CN1CCC(C(C)(C)C)CC1)C1CC1. The third kappa shape index (κ3) is 3.34. The maximum Gasteiger partial charge on any atom is 0.327 e. The topological polar surface area (TPSA) is 55.6 Å². The Kier molecular flexibility index (Phi) is 4.45. The molecule has 116 valence electrons. The lowest BCUT2D eigenvalue weighted by Crippen LogP contribution is -2.59. The fourth-order valence-electron chi connectivity index (χ4n) is 3.48. The first-order valence-electron chi connectivity index (χ1n) is 7.87. The summed E-state index contributed by atoms with van der Waals surface area (Å²) in [5.41, 5.74) is 5.98. The predicted molar refractivity (Wildman–Crippen MR) is 80.3 cm³/mol. The first kappa shape index (κ1) is 15.8. The van der Waals surface area contributed by atoms with Crippen molar-refractivity contribution in [1.29, 1.82) is 0 Å². The number of hydrogen-bond acceptors (Lipinski definition) is 4. The van der Waals surface area contributed by atoms with Crippen LogP contribution in [0.25, 0.3) is 0 Å². The Bertz CT molecular complexity index is 352. The molecule has 1 saturated carbocycles. The minimum Gasteiger partial charge on any atom is -0.468 e. The fraction of sp³-hybridized carbons (Fsp3) is 0.938. The van der Waals surface area contributed by atoms with Gasteiger partial charge in [-0.1, -0.05) is 20.8 Å². The highest BCUT2D eigenvalue weighted by molar-refractivity contribution is 5.81. The molecule has 1 unspecified atom stereocenters. The summed E-state index contributed by atoms with van der Waals surface area (Å²) in [6, 6.07) is 0. The Morgan fingerprint density at radius 1 is 1.15 bits per heavy atom. The summed E-state index contributed by atoms with van der Waals surface area (Å²) in [7, 11) is 1.44. The number of esters is 1. The molecular weight excluding hydrogens is 252 g/mol. The van der Waals surface area contributed by atoms with Gasteiger partial charge in [-0.2, -0.15) is 0 Å². The summed E-state index contributed by atoms with van der Waals surface area (Å²) in [4.78, 5) is 14.4. The second kappa shape index (κ2) is 5.64. The largest absolute Gasteiger partial charge is 0.468 e. The number of likely N-dealkylation sites (tertiary alicyclic amines) is 1. The van der Waals surface area contributed by atoms with Crippen molar-refractivity contribution >= 4 is 5.97 Å². The number of piperidine rings is 1. The lowest BCUT2D eigenvalue weighted by Gasteiger charge is -2.41. The summed E-state index contributed by atoms with van der Waals surface area (Å²) in [6.07, 6.45) is 4.52. The third-order valence-corrected chi connectivity index (χ3v) is 5.17. The van der Waals surface area contributed by atoms with Crippen LogP contribution in [0.15, 0.2) is 0 Å². The number of rotatable bonds is 4. The average Bonchev–Trinajstić information content (AvgIpc) is 3.21. The average molecular weight is 282 g/mol. The van der Waals surface area contributed by atoms with Crippen molar-refractivity contribution in [2.75, 3.05) is 26.7 Å². The summed E-state index contributed by atoms with van der Waals surface area (Å²) in [5.74, 6) is 0.846. The van der Waals surface area contributed by atoms with Gasteiger partial charge < -0.3 is 15.4 Å². The highest BCUT2D eigenvalue weighted by atomic mass is 16.5. The van der Waals surface area contributed by atoms with Gasteiger partial charge in [0.25, 0.3) is 0 Å². The summed E-state index contributed by atoms with van der Waals surface area (Å²) < 4.78 is 4.94. The van der Waals surface area contributed by atoms with Gasteiger partial charge in [0, 0.05) is 6.54 Å². The second-order valence-corrected chi connectivity index (χ2v) is 7.72. The van der Waals surface area contributed by atoms with Crippen LogP contribution < -0.4 is 5.73 Å². The van der Waals surface area contributed by atoms with Gasteiger partial charge in [0.1, 0.15) is 5.54 Å². The van der Waals surface area contributed by atoms with E-state index in [0.29, 0.717) is 17.9 Å². The molecule has 2 rings (SSSR count). The van der Waals surface area contributed by atoms with Crippen molar-refractivity contribution in [3.05, 3.63) is 0 Å². The van der Waals surface area contributed by atoms with Crippen molar-refractivity contribution in [1.82, 2.24) is 4.90 Å². The van der Waals surface area contributed by atoms with E-state index in [1.54, 1.807) is 0 Å². The maximum absolute atomic E-state index is 12.0. The van der Waals surface area contributed by atoms with E-state index in [1.165, 1.54) is 20.0 Å². The van der Waals surface area contributed by atoms with Crippen molar-refractivity contribution in [2.24, 2.45) is 23.0 Å². The van der Waals surface area contributed by atoms with E-state index in [1.807, 2.05) is 0 Å². The molecule has 1 atom stereocenters. The zero-order valence-electron chi connectivity index (χ0n) is 13.4. The van der Waals surface area contributed by atoms with Gasteiger partial charge in [-0.25, -0.2) is 0 Å². The highest BCUT2D eigenvalue weighted by Crippen LogP contribution is 2.40. The Balaban J connectivity index is 1.92. The number of nitrogens with two attached hydrogens (primary N) is 1. The summed E-state index contributed by atoms with van der Waals surface area (Å²) in [5, 5.41) is 0. The first-order valence-corrected chi connectivity index (χ1v) is 7.87. The zero-order valence-corrected chi connectivity index (χ0v) is 13.4. The van der Waals surface area contributed by atoms with Crippen molar-refractivity contribution in [3.63, 3.8) is 0 Å². The molecule has 0 amide bonds. The first-order chi connectivity index (χ1) is 9.27. The maximum atomic E-state index is 12.0. The molecule has 4 nitrogen and oxygen atoms in total. The van der Waals surface area contributed by atoms with Crippen LogP contribution in [0.1, 0.15) is 46.5 Å².